The number of amides is 2. The van der Waals surface area contributed by atoms with Crippen molar-refractivity contribution in [2.45, 2.75) is 38.8 Å². The van der Waals surface area contributed by atoms with Crippen LogP contribution in [0.3, 0.4) is 0 Å². The first-order valence-electron chi connectivity index (χ1n) is 5.73. The Morgan fingerprint density at radius 1 is 1.32 bits per heavy atom. The molecule has 0 aromatic rings. The number of hydrogen-bond donors (Lipinski definition) is 4. The monoisotopic (exact) mass is 295 g/mol. The van der Waals surface area contributed by atoms with E-state index in [2.05, 4.69) is 15.4 Å². The van der Waals surface area contributed by atoms with Gasteiger partial charge in [-0.3, -0.25) is 0 Å². The molecule has 0 rings (SSSR count). The SMILES string of the molecule is CC[C@H](NC(=O)NCC(C)(C)NS(C)(=O)=O)C(=O)O. The zero-order valence-electron chi connectivity index (χ0n) is 11.5. The predicted molar refractivity (Wildman–Crippen MR) is 70.3 cm³/mol. The second-order valence-electron chi connectivity index (χ2n) is 4.88. The summed E-state index contributed by atoms with van der Waals surface area (Å²) in [5.41, 5.74) is -0.865. The fourth-order valence-corrected chi connectivity index (χ4v) is 2.46. The third-order valence-electron chi connectivity index (χ3n) is 2.16. The summed E-state index contributed by atoms with van der Waals surface area (Å²) in [6.07, 6.45) is 1.28. The fraction of sp³-hybridized carbons (Fsp3) is 0.800. The van der Waals surface area contributed by atoms with Crippen LogP contribution in [0.4, 0.5) is 4.79 Å². The van der Waals surface area contributed by atoms with Crippen LogP contribution in [0, 0.1) is 0 Å². The molecule has 0 bridgehead atoms. The lowest BCUT2D eigenvalue weighted by Gasteiger charge is -2.25. The number of hydrogen-bond acceptors (Lipinski definition) is 4. The van der Waals surface area contributed by atoms with Gasteiger partial charge in [-0.25, -0.2) is 22.7 Å². The van der Waals surface area contributed by atoms with Gasteiger partial charge in [0.2, 0.25) is 10.0 Å². The maximum Gasteiger partial charge on any atom is 0.326 e. The van der Waals surface area contributed by atoms with Gasteiger partial charge in [0.05, 0.1) is 6.26 Å². The predicted octanol–water partition coefficient (Wildman–Crippen LogP) is -0.523. The zero-order valence-corrected chi connectivity index (χ0v) is 12.3. The Hall–Kier alpha value is -1.35. The molecule has 0 saturated heterocycles. The molecule has 0 aliphatic rings. The molecule has 0 spiro atoms. The van der Waals surface area contributed by atoms with E-state index in [0.29, 0.717) is 0 Å². The Morgan fingerprint density at radius 2 is 1.84 bits per heavy atom. The molecule has 0 aliphatic carbocycles. The molecule has 0 saturated carbocycles. The molecule has 0 aromatic carbocycles. The highest BCUT2D eigenvalue weighted by atomic mass is 32.2. The summed E-state index contributed by atoms with van der Waals surface area (Å²) < 4.78 is 24.5. The standard InChI is InChI=1S/C10H21N3O5S/c1-5-7(8(14)15)12-9(16)11-6-10(2,3)13-19(4,17)18/h7,13H,5-6H2,1-4H3,(H,14,15)(H2,11,12,16)/t7-/m0/s1. The van der Waals surface area contributed by atoms with Gasteiger partial charge in [-0.2, -0.15) is 0 Å². The van der Waals surface area contributed by atoms with E-state index in [1.54, 1.807) is 20.8 Å². The highest BCUT2D eigenvalue weighted by molar-refractivity contribution is 7.88. The van der Waals surface area contributed by atoms with Gasteiger partial charge in [0.1, 0.15) is 6.04 Å². The Balaban J connectivity index is 4.33. The summed E-state index contributed by atoms with van der Waals surface area (Å²) in [6, 6.07) is -1.62. The highest BCUT2D eigenvalue weighted by Crippen LogP contribution is 2.01. The maximum atomic E-state index is 11.5. The lowest BCUT2D eigenvalue weighted by atomic mass is 10.1. The summed E-state index contributed by atoms with van der Waals surface area (Å²) in [4.78, 5) is 22.2. The molecule has 9 heteroatoms. The van der Waals surface area contributed by atoms with Crippen LogP contribution in [0.25, 0.3) is 0 Å². The van der Waals surface area contributed by atoms with Gasteiger partial charge in [0.25, 0.3) is 0 Å². The van der Waals surface area contributed by atoms with Gasteiger partial charge >= 0.3 is 12.0 Å². The van der Waals surface area contributed by atoms with E-state index in [4.69, 9.17) is 5.11 Å². The molecular formula is C10H21N3O5S. The van der Waals surface area contributed by atoms with Gasteiger partial charge in [0, 0.05) is 12.1 Å². The molecule has 0 aromatic heterocycles. The molecule has 1 atom stereocenters. The minimum absolute atomic E-state index is 0.0297. The first kappa shape index (κ1) is 17.6. The van der Waals surface area contributed by atoms with Crippen LogP contribution in [0.15, 0.2) is 0 Å². The van der Waals surface area contributed by atoms with E-state index in [0.717, 1.165) is 6.26 Å². The number of nitrogens with one attached hydrogen (secondary N) is 3. The third-order valence-corrected chi connectivity index (χ3v) is 3.09. The number of urea groups is 1. The van der Waals surface area contributed by atoms with Crippen LogP contribution in [0.1, 0.15) is 27.2 Å². The van der Waals surface area contributed by atoms with Gasteiger partial charge in [0.15, 0.2) is 0 Å². The largest absolute Gasteiger partial charge is 0.480 e. The van der Waals surface area contributed by atoms with E-state index in [-0.39, 0.29) is 13.0 Å². The zero-order chi connectivity index (χ0) is 15.3. The van der Waals surface area contributed by atoms with Crippen molar-refractivity contribution < 1.29 is 23.1 Å². The quantitative estimate of drug-likeness (QED) is 0.503. The van der Waals surface area contributed by atoms with Crippen LogP contribution in [-0.2, 0) is 14.8 Å². The molecule has 0 unspecified atom stereocenters. The number of sulfonamides is 1. The maximum absolute atomic E-state index is 11.5. The highest BCUT2D eigenvalue weighted by Gasteiger charge is 2.24. The smallest absolute Gasteiger partial charge is 0.326 e. The van der Waals surface area contributed by atoms with E-state index in [9.17, 15) is 18.0 Å². The van der Waals surface area contributed by atoms with Gasteiger partial charge in [-0.1, -0.05) is 6.92 Å². The molecule has 2 amide bonds. The van der Waals surface area contributed by atoms with Gasteiger partial charge in [-0.05, 0) is 20.3 Å². The number of carboxylic acid groups (broad SMARTS) is 1. The molecule has 19 heavy (non-hydrogen) atoms. The summed E-state index contributed by atoms with van der Waals surface area (Å²) >= 11 is 0. The minimum atomic E-state index is -3.39. The summed E-state index contributed by atoms with van der Waals surface area (Å²) in [6.45, 7) is 4.86. The lowest BCUT2D eigenvalue weighted by molar-refractivity contribution is -0.139. The summed E-state index contributed by atoms with van der Waals surface area (Å²) in [5, 5.41) is 13.5. The number of carbonyl (C=O) groups is 2. The molecule has 0 fully saturated rings. The van der Waals surface area contributed by atoms with Crippen LogP contribution in [-0.4, -0.2) is 49.9 Å². The van der Waals surface area contributed by atoms with E-state index >= 15 is 0 Å². The Morgan fingerprint density at radius 3 is 2.21 bits per heavy atom. The molecule has 0 heterocycles. The van der Waals surface area contributed by atoms with Crippen molar-refractivity contribution in [2.75, 3.05) is 12.8 Å². The third kappa shape index (κ3) is 8.38. The first-order valence-corrected chi connectivity index (χ1v) is 7.62. The van der Waals surface area contributed by atoms with Gasteiger partial charge in [-0.15, -0.1) is 0 Å². The number of carboxylic acids is 1. The summed E-state index contributed by atoms with van der Waals surface area (Å²) in [7, 11) is -3.39. The Bertz CT molecular complexity index is 432. The van der Waals surface area contributed by atoms with Crippen molar-refractivity contribution >= 4 is 22.0 Å². The topological polar surface area (TPSA) is 125 Å². The van der Waals surface area contributed by atoms with E-state index in [1.807, 2.05) is 0 Å². The normalized spacial score (nSPS) is 13.7. The second kappa shape index (κ2) is 6.71. The van der Waals surface area contributed by atoms with Crippen molar-refractivity contribution in [3.05, 3.63) is 0 Å². The average Bonchev–Trinajstić information content (AvgIpc) is 2.19. The first-order chi connectivity index (χ1) is 8.47. The van der Waals surface area contributed by atoms with Crippen molar-refractivity contribution in [2.24, 2.45) is 0 Å². The fourth-order valence-electron chi connectivity index (χ4n) is 1.39. The summed E-state index contributed by atoms with van der Waals surface area (Å²) in [5.74, 6) is -1.12. The second-order valence-corrected chi connectivity index (χ2v) is 6.63. The number of aliphatic carboxylic acids is 1. The van der Waals surface area contributed by atoms with E-state index < -0.39 is 33.6 Å². The van der Waals surface area contributed by atoms with Crippen molar-refractivity contribution in [1.82, 2.24) is 15.4 Å². The number of carbonyl (C=O) groups excluding carboxylic acids is 1. The van der Waals surface area contributed by atoms with Crippen LogP contribution in [0.2, 0.25) is 0 Å². The molecule has 112 valence electrons. The average molecular weight is 295 g/mol. The van der Waals surface area contributed by atoms with Crippen LogP contribution >= 0.6 is 0 Å². The molecule has 0 aliphatic heterocycles. The Kier molecular flexibility index (Phi) is 6.23. The Labute approximate surface area is 113 Å². The van der Waals surface area contributed by atoms with Crippen molar-refractivity contribution in [3.8, 4) is 0 Å². The number of rotatable bonds is 7. The van der Waals surface area contributed by atoms with Crippen LogP contribution in [0.5, 0.6) is 0 Å². The van der Waals surface area contributed by atoms with Crippen LogP contribution < -0.4 is 15.4 Å². The van der Waals surface area contributed by atoms with E-state index in [1.165, 1.54) is 0 Å². The molecule has 4 N–H and O–H groups in total. The molecule has 0 radical (unpaired) electrons. The molecular weight excluding hydrogens is 274 g/mol. The molecule has 8 nitrogen and oxygen atoms in total. The van der Waals surface area contributed by atoms with Crippen molar-refractivity contribution in [1.29, 1.82) is 0 Å². The minimum Gasteiger partial charge on any atom is -0.480 e. The van der Waals surface area contributed by atoms with Gasteiger partial charge < -0.3 is 15.7 Å². The lowest BCUT2D eigenvalue weighted by Crippen LogP contribution is -2.54. The van der Waals surface area contributed by atoms with Crippen molar-refractivity contribution in [3.63, 3.8) is 0 Å².